The Morgan fingerprint density at radius 3 is 2.72 bits per heavy atom. The van der Waals surface area contributed by atoms with Gasteiger partial charge in [-0.1, -0.05) is 23.7 Å². The van der Waals surface area contributed by atoms with Crippen LogP contribution in [0.3, 0.4) is 0 Å². The summed E-state index contributed by atoms with van der Waals surface area (Å²) in [5.74, 6) is -0.647. The van der Waals surface area contributed by atoms with Gasteiger partial charge in [-0.3, -0.25) is 14.2 Å². The molecule has 148 valence electrons. The Kier molecular flexibility index (Phi) is 4.79. The normalized spacial score (nSPS) is 11.9. The predicted octanol–water partition coefficient (Wildman–Crippen LogP) is 4.92. The largest absolute Gasteiger partial charge is 0.416 e. The fourth-order valence-corrected chi connectivity index (χ4v) is 4.36. The molecule has 0 saturated heterocycles. The van der Waals surface area contributed by atoms with Gasteiger partial charge in [0.05, 0.1) is 22.4 Å². The molecule has 0 aliphatic heterocycles. The summed E-state index contributed by atoms with van der Waals surface area (Å²) in [4.78, 5) is 29.3. The van der Waals surface area contributed by atoms with Crippen LogP contribution in [-0.4, -0.2) is 15.5 Å². The number of hydrogen-bond acceptors (Lipinski definition) is 4. The van der Waals surface area contributed by atoms with Crippen LogP contribution in [0.25, 0.3) is 20.3 Å². The summed E-state index contributed by atoms with van der Waals surface area (Å²) >= 11 is 7.42. The third-order valence-electron chi connectivity index (χ3n) is 4.21. The van der Waals surface area contributed by atoms with Gasteiger partial charge in [0.15, 0.2) is 0 Å². The molecule has 0 aliphatic rings. The molecule has 0 fully saturated rings. The molecule has 0 saturated carbocycles. The minimum atomic E-state index is -4.52. The van der Waals surface area contributed by atoms with Crippen LogP contribution in [0.5, 0.6) is 0 Å². The molecule has 5 nitrogen and oxygen atoms in total. The quantitative estimate of drug-likeness (QED) is 0.494. The summed E-state index contributed by atoms with van der Waals surface area (Å²) in [5, 5.41) is 3.52. The zero-order valence-corrected chi connectivity index (χ0v) is 16.0. The van der Waals surface area contributed by atoms with Gasteiger partial charge in [-0.25, -0.2) is 4.98 Å². The molecule has 2 aromatic heterocycles. The number of nitrogens with zero attached hydrogens (tertiary/aromatic N) is 2. The van der Waals surface area contributed by atoms with Gasteiger partial charge < -0.3 is 5.32 Å². The second-order valence-electron chi connectivity index (χ2n) is 6.20. The van der Waals surface area contributed by atoms with E-state index in [9.17, 15) is 22.8 Å². The SMILES string of the molecule is O=C(Cn1cnc2c(sc3cccc(Cl)c32)c1=O)Nc1cccc(C(F)(F)F)c1. The van der Waals surface area contributed by atoms with Crippen LogP contribution < -0.4 is 10.9 Å². The molecule has 2 aromatic carbocycles. The Bertz CT molecular complexity index is 1310. The molecule has 0 radical (unpaired) electrons. The molecular formula is C19H11ClF3N3O2S. The highest BCUT2D eigenvalue weighted by molar-refractivity contribution is 7.25. The molecule has 2 heterocycles. The molecule has 1 N–H and O–H groups in total. The van der Waals surface area contributed by atoms with Gasteiger partial charge in [-0.05, 0) is 30.3 Å². The molecule has 1 amide bonds. The van der Waals surface area contributed by atoms with Gasteiger partial charge in [-0.2, -0.15) is 13.2 Å². The summed E-state index contributed by atoms with van der Waals surface area (Å²) in [6.07, 6.45) is -3.29. The average Bonchev–Trinajstić information content (AvgIpc) is 3.04. The number of carbonyl (C=O) groups is 1. The number of halogens is 4. The van der Waals surface area contributed by atoms with Crippen molar-refractivity contribution in [3.8, 4) is 0 Å². The number of carbonyl (C=O) groups excluding carboxylic acids is 1. The number of aromatic nitrogens is 2. The van der Waals surface area contributed by atoms with E-state index in [1.54, 1.807) is 12.1 Å². The number of alkyl halides is 3. The topological polar surface area (TPSA) is 64.0 Å². The highest BCUT2D eigenvalue weighted by Gasteiger charge is 2.30. The third kappa shape index (κ3) is 3.70. The molecule has 0 bridgehead atoms. The fourth-order valence-electron chi connectivity index (χ4n) is 2.91. The molecule has 0 aliphatic carbocycles. The van der Waals surface area contributed by atoms with Crippen molar-refractivity contribution in [2.24, 2.45) is 0 Å². The first-order valence-electron chi connectivity index (χ1n) is 8.27. The van der Waals surface area contributed by atoms with Gasteiger partial charge in [-0.15, -0.1) is 11.3 Å². The molecule has 0 atom stereocenters. The van der Waals surface area contributed by atoms with Gasteiger partial charge in [0.25, 0.3) is 5.56 Å². The Morgan fingerprint density at radius 1 is 1.21 bits per heavy atom. The van der Waals surface area contributed by atoms with E-state index in [-0.39, 0.29) is 12.2 Å². The Labute approximate surface area is 170 Å². The van der Waals surface area contributed by atoms with E-state index in [4.69, 9.17) is 11.6 Å². The van der Waals surface area contributed by atoms with Crippen molar-refractivity contribution in [3.63, 3.8) is 0 Å². The van der Waals surface area contributed by atoms with E-state index in [1.807, 2.05) is 6.07 Å². The van der Waals surface area contributed by atoms with Gasteiger partial charge in [0.1, 0.15) is 11.2 Å². The van der Waals surface area contributed by atoms with E-state index in [0.717, 1.165) is 21.4 Å². The maximum Gasteiger partial charge on any atom is 0.416 e. The van der Waals surface area contributed by atoms with Gasteiger partial charge in [0.2, 0.25) is 5.91 Å². The van der Waals surface area contributed by atoms with Crippen LogP contribution in [0, 0.1) is 0 Å². The Hall–Kier alpha value is -2.91. The monoisotopic (exact) mass is 437 g/mol. The molecule has 10 heteroatoms. The van der Waals surface area contributed by atoms with Crippen molar-refractivity contribution in [1.82, 2.24) is 9.55 Å². The zero-order chi connectivity index (χ0) is 20.8. The number of fused-ring (bicyclic) bond motifs is 3. The van der Waals surface area contributed by atoms with Crippen molar-refractivity contribution >= 4 is 54.8 Å². The van der Waals surface area contributed by atoms with E-state index < -0.39 is 23.2 Å². The van der Waals surface area contributed by atoms with E-state index in [1.165, 1.54) is 29.8 Å². The lowest BCUT2D eigenvalue weighted by atomic mass is 10.2. The minimum absolute atomic E-state index is 0.0134. The standard InChI is InChI=1S/C19H11ClF3N3O2S/c20-12-5-2-6-13-15(12)16-17(29-13)18(28)26(9-24-16)8-14(27)25-11-4-1-3-10(7-11)19(21,22)23/h1-7,9H,8H2,(H,25,27). The summed E-state index contributed by atoms with van der Waals surface area (Å²) in [6, 6.07) is 9.55. The number of nitrogens with one attached hydrogen (secondary N) is 1. The lowest BCUT2D eigenvalue weighted by Gasteiger charge is -2.10. The number of benzene rings is 2. The second kappa shape index (κ2) is 7.16. The maximum absolute atomic E-state index is 12.8. The van der Waals surface area contributed by atoms with Crippen molar-refractivity contribution < 1.29 is 18.0 Å². The zero-order valence-electron chi connectivity index (χ0n) is 14.5. The van der Waals surface area contributed by atoms with Crippen LogP contribution in [0.4, 0.5) is 18.9 Å². The molecule has 0 unspecified atom stereocenters. The lowest BCUT2D eigenvalue weighted by molar-refractivity contribution is -0.137. The van der Waals surface area contributed by atoms with Crippen LogP contribution in [0.1, 0.15) is 5.56 Å². The number of amides is 1. The number of rotatable bonds is 3. The van der Waals surface area contributed by atoms with E-state index in [0.29, 0.717) is 20.6 Å². The fraction of sp³-hybridized carbons (Fsp3) is 0.105. The van der Waals surface area contributed by atoms with Crippen molar-refractivity contribution in [2.45, 2.75) is 12.7 Å². The second-order valence-corrected chi connectivity index (χ2v) is 7.66. The number of hydrogen-bond donors (Lipinski definition) is 1. The third-order valence-corrected chi connectivity index (χ3v) is 5.66. The predicted molar refractivity (Wildman–Crippen MR) is 106 cm³/mol. The summed E-state index contributed by atoms with van der Waals surface area (Å²) in [5.41, 5.74) is -0.861. The summed E-state index contributed by atoms with van der Waals surface area (Å²) in [6.45, 7) is -0.389. The molecule has 4 aromatic rings. The molecule has 4 rings (SSSR count). The van der Waals surface area contributed by atoms with Crippen molar-refractivity contribution in [2.75, 3.05) is 5.32 Å². The van der Waals surface area contributed by atoms with E-state index in [2.05, 4.69) is 10.3 Å². The highest BCUT2D eigenvalue weighted by atomic mass is 35.5. The first-order chi connectivity index (χ1) is 13.7. The highest BCUT2D eigenvalue weighted by Crippen LogP contribution is 2.35. The maximum atomic E-state index is 12.8. The van der Waals surface area contributed by atoms with Gasteiger partial charge >= 0.3 is 6.18 Å². The summed E-state index contributed by atoms with van der Waals surface area (Å²) in [7, 11) is 0. The Balaban J connectivity index is 1.62. The lowest BCUT2D eigenvalue weighted by Crippen LogP contribution is -2.27. The molecule has 29 heavy (non-hydrogen) atoms. The first kappa shape index (κ1) is 19.4. The molecular weight excluding hydrogens is 427 g/mol. The van der Waals surface area contributed by atoms with Gasteiger partial charge in [0, 0.05) is 15.8 Å². The van der Waals surface area contributed by atoms with Crippen molar-refractivity contribution in [1.29, 1.82) is 0 Å². The number of thiophene rings is 1. The average molecular weight is 438 g/mol. The summed E-state index contributed by atoms with van der Waals surface area (Å²) < 4.78 is 40.6. The Morgan fingerprint density at radius 2 is 1.97 bits per heavy atom. The van der Waals surface area contributed by atoms with Crippen LogP contribution in [0.2, 0.25) is 5.02 Å². The smallest absolute Gasteiger partial charge is 0.325 e. The van der Waals surface area contributed by atoms with Crippen LogP contribution in [-0.2, 0) is 17.5 Å². The van der Waals surface area contributed by atoms with Crippen LogP contribution in [0.15, 0.2) is 53.6 Å². The van der Waals surface area contributed by atoms with Crippen LogP contribution >= 0.6 is 22.9 Å². The van der Waals surface area contributed by atoms with Crippen molar-refractivity contribution in [3.05, 3.63) is 69.7 Å². The number of anilines is 1. The minimum Gasteiger partial charge on any atom is -0.325 e. The van der Waals surface area contributed by atoms with E-state index >= 15 is 0 Å². The first-order valence-corrected chi connectivity index (χ1v) is 9.47. The molecule has 0 spiro atoms.